The second kappa shape index (κ2) is 13.6. The number of para-hydroxylation sites is 1. The molecule has 5 nitrogen and oxygen atoms in total. The summed E-state index contributed by atoms with van der Waals surface area (Å²) >= 11 is 0. The van der Waals surface area contributed by atoms with Gasteiger partial charge in [-0.3, -0.25) is 0 Å². The molecular formula is C57H46BN3O2. The van der Waals surface area contributed by atoms with Crippen LogP contribution in [-0.4, -0.2) is 32.9 Å². The molecule has 0 spiro atoms. The van der Waals surface area contributed by atoms with E-state index in [1.54, 1.807) is 0 Å². The van der Waals surface area contributed by atoms with Crippen molar-refractivity contribution >= 4 is 55.9 Å². The van der Waals surface area contributed by atoms with Crippen molar-refractivity contribution in [2.75, 3.05) is 0 Å². The maximum absolute atomic E-state index is 6.50. The van der Waals surface area contributed by atoms with Crippen molar-refractivity contribution in [1.29, 1.82) is 0 Å². The predicted octanol–water partition coefficient (Wildman–Crippen LogP) is 13.5. The van der Waals surface area contributed by atoms with E-state index < -0.39 is 18.3 Å². The average molecular weight is 816 g/mol. The molecule has 0 N–H and O–H groups in total. The van der Waals surface area contributed by atoms with Crippen LogP contribution in [0.5, 0.6) is 0 Å². The second-order valence-corrected chi connectivity index (χ2v) is 18.9. The zero-order valence-electron chi connectivity index (χ0n) is 36.4. The van der Waals surface area contributed by atoms with Gasteiger partial charge < -0.3 is 13.9 Å². The summed E-state index contributed by atoms with van der Waals surface area (Å²) in [7, 11) is -0.488. The molecule has 0 amide bonds. The van der Waals surface area contributed by atoms with Crippen molar-refractivity contribution < 1.29 is 9.31 Å². The van der Waals surface area contributed by atoms with Crippen LogP contribution in [-0.2, 0) is 14.7 Å². The molecule has 8 aromatic carbocycles. The minimum atomic E-state index is -0.488. The summed E-state index contributed by atoms with van der Waals surface area (Å²) in [6, 6.07) is 61.3. The molecule has 12 rings (SSSR count). The first kappa shape index (κ1) is 37.9. The van der Waals surface area contributed by atoms with Crippen LogP contribution < -0.4 is 5.46 Å². The highest BCUT2D eigenvalue weighted by atomic mass is 16.7. The fourth-order valence-corrected chi connectivity index (χ4v) is 10.2. The lowest BCUT2D eigenvalue weighted by Gasteiger charge is -2.32. The van der Waals surface area contributed by atoms with Crippen LogP contribution in [0.4, 0.5) is 0 Å². The minimum Gasteiger partial charge on any atom is -0.399 e. The lowest BCUT2D eigenvalue weighted by atomic mass is 9.78. The molecule has 304 valence electrons. The van der Waals surface area contributed by atoms with Crippen LogP contribution in [0, 0.1) is 0 Å². The molecule has 0 bridgehead atoms. The van der Waals surface area contributed by atoms with E-state index in [0.29, 0.717) is 5.82 Å². The third-order valence-corrected chi connectivity index (χ3v) is 14.2. The summed E-state index contributed by atoms with van der Waals surface area (Å²) in [5.41, 5.74) is 13.3. The lowest BCUT2D eigenvalue weighted by Crippen LogP contribution is -2.41. The summed E-state index contributed by atoms with van der Waals surface area (Å²) in [5, 5.41) is 7.58. The maximum atomic E-state index is 6.50. The summed E-state index contributed by atoms with van der Waals surface area (Å²) in [6.45, 7) is 13.1. The van der Waals surface area contributed by atoms with E-state index >= 15 is 0 Å². The Morgan fingerprint density at radius 2 is 1.10 bits per heavy atom. The highest BCUT2D eigenvalue weighted by Gasteiger charge is 2.51. The maximum Gasteiger partial charge on any atom is 0.494 e. The topological polar surface area (TPSA) is 49.2 Å². The molecule has 2 aliphatic rings. The van der Waals surface area contributed by atoms with Gasteiger partial charge in [-0.15, -0.1) is 0 Å². The van der Waals surface area contributed by atoms with Crippen LogP contribution in [0.25, 0.3) is 94.1 Å². The van der Waals surface area contributed by atoms with Crippen LogP contribution in [0.3, 0.4) is 0 Å². The monoisotopic (exact) mass is 815 g/mol. The quantitative estimate of drug-likeness (QED) is 0.162. The first-order valence-electron chi connectivity index (χ1n) is 22.0. The summed E-state index contributed by atoms with van der Waals surface area (Å²) < 4.78 is 15.4. The van der Waals surface area contributed by atoms with Crippen molar-refractivity contribution in [3.05, 3.63) is 181 Å². The third kappa shape index (κ3) is 5.78. The molecule has 3 heterocycles. The Hall–Kier alpha value is -6.86. The van der Waals surface area contributed by atoms with E-state index in [2.05, 4.69) is 216 Å². The molecule has 1 aliphatic carbocycles. The van der Waals surface area contributed by atoms with Crippen LogP contribution in [0.1, 0.15) is 52.7 Å². The Kier molecular flexibility index (Phi) is 8.16. The van der Waals surface area contributed by atoms with E-state index in [4.69, 9.17) is 19.3 Å². The molecule has 0 atom stereocenters. The minimum absolute atomic E-state index is 0.148. The molecule has 0 unspecified atom stereocenters. The van der Waals surface area contributed by atoms with Gasteiger partial charge in [0.25, 0.3) is 0 Å². The Morgan fingerprint density at radius 3 is 1.84 bits per heavy atom. The van der Waals surface area contributed by atoms with Crippen LogP contribution in [0.2, 0.25) is 0 Å². The number of hydrogen-bond donors (Lipinski definition) is 0. The number of nitrogens with zero attached hydrogens (tertiary/aromatic N) is 3. The molecule has 1 fully saturated rings. The van der Waals surface area contributed by atoms with Crippen molar-refractivity contribution in [1.82, 2.24) is 14.5 Å². The zero-order chi connectivity index (χ0) is 42.8. The average Bonchev–Trinajstić information content (AvgIpc) is 3.86. The van der Waals surface area contributed by atoms with Gasteiger partial charge in [-0.1, -0.05) is 135 Å². The first-order valence-corrected chi connectivity index (χ1v) is 22.0. The summed E-state index contributed by atoms with van der Waals surface area (Å²) in [5.74, 6) is 0.663. The van der Waals surface area contributed by atoms with Gasteiger partial charge in [0.15, 0.2) is 5.82 Å². The molecule has 10 aromatic rings. The fraction of sp³-hybridized carbons (Fsp3) is 0.158. The molecular weight excluding hydrogens is 769 g/mol. The molecule has 0 radical (unpaired) electrons. The fourth-order valence-electron chi connectivity index (χ4n) is 10.2. The Bertz CT molecular complexity index is 3490. The van der Waals surface area contributed by atoms with E-state index in [1.165, 1.54) is 65.6 Å². The zero-order valence-corrected chi connectivity index (χ0v) is 36.4. The molecule has 0 saturated carbocycles. The normalized spacial score (nSPS) is 16.0. The van der Waals surface area contributed by atoms with E-state index in [-0.39, 0.29) is 5.41 Å². The first-order chi connectivity index (χ1) is 30.4. The molecule has 1 saturated heterocycles. The van der Waals surface area contributed by atoms with E-state index in [9.17, 15) is 0 Å². The van der Waals surface area contributed by atoms with Gasteiger partial charge in [0.1, 0.15) is 0 Å². The van der Waals surface area contributed by atoms with Crippen LogP contribution in [0.15, 0.2) is 170 Å². The molecule has 6 heteroatoms. The van der Waals surface area contributed by atoms with Gasteiger partial charge in [-0.25, -0.2) is 9.97 Å². The van der Waals surface area contributed by atoms with Crippen molar-refractivity contribution in [3.8, 4) is 50.7 Å². The van der Waals surface area contributed by atoms with Crippen LogP contribution >= 0.6 is 0 Å². The second-order valence-electron chi connectivity index (χ2n) is 18.9. The van der Waals surface area contributed by atoms with Gasteiger partial charge in [-0.2, -0.15) is 0 Å². The number of hydrogen-bond acceptors (Lipinski definition) is 4. The van der Waals surface area contributed by atoms with Gasteiger partial charge in [0, 0.05) is 33.0 Å². The number of fused-ring (bicyclic) bond motifs is 10. The molecule has 63 heavy (non-hydrogen) atoms. The van der Waals surface area contributed by atoms with Gasteiger partial charge in [0.2, 0.25) is 0 Å². The number of aromatic nitrogens is 3. The van der Waals surface area contributed by atoms with Gasteiger partial charge in [-0.05, 0) is 131 Å². The van der Waals surface area contributed by atoms with Gasteiger partial charge in [0.05, 0.1) is 33.6 Å². The summed E-state index contributed by atoms with van der Waals surface area (Å²) in [4.78, 5) is 10.7. The summed E-state index contributed by atoms with van der Waals surface area (Å²) in [6.07, 6.45) is 0. The largest absolute Gasteiger partial charge is 0.494 e. The Morgan fingerprint density at radius 1 is 0.476 bits per heavy atom. The smallest absolute Gasteiger partial charge is 0.399 e. The Labute approximate surface area is 368 Å². The van der Waals surface area contributed by atoms with Gasteiger partial charge >= 0.3 is 7.12 Å². The molecule has 1 aliphatic heterocycles. The number of benzene rings is 8. The SMILES string of the molecule is CC1(C)c2ccc(-c3cc(-c4cccc(B5OC(C)(C)C(C)(C)O5)c4)nc(-c4ccc(-n5c6ccccc6c6c7ccccc7ccc65)cc4)n3)cc2-c2ccc3ccccc3c21. The van der Waals surface area contributed by atoms with Crippen molar-refractivity contribution in [3.63, 3.8) is 0 Å². The predicted molar refractivity (Wildman–Crippen MR) is 261 cm³/mol. The highest BCUT2D eigenvalue weighted by molar-refractivity contribution is 6.62. The highest BCUT2D eigenvalue weighted by Crippen LogP contribution is 2.52. The standard InChI is InChI=1S/C57H46BN3O2/c1-55(2)47-30-25-39(33-46(47)44-29-24-36-15-8-10-19-43(36)53(44)55)49-34-48(38-16-13-17-40(32-38)58-62-56(3,4)57(5,6)63-58)59-54(60-49)37-22-27-41(28-23-37)61-50-21-12-11-20-45(50)52-42-18-9-7-14-35(42)26-31-51(52)61/h7-34H,1-6H3. The Balaban J connectivity index is 1.00. The lowest BCUT2D eigenvalue weighted by molar-refractivity contribution is 0.00578. The van der Waals surface area contributed by atoms with E-state index in [0.717, 1.165) is 39.2 Å². The third-order valence-electron chi connectivity index (χ3n) is 14.2. The van der Waals surface area contributed by atoms with Crippen molar-refractivity contribution in [2.45, 2.75) is 58.2 Å². The van der Waals surface area contributed by atoms with Crippen molar-refractivity contribution in [2.24, 2.45) is 0 Å². The van der Waals surface area contributed by atoms with E-state index in [1.807, 2.05) is 0 Å². The molecule has 2 aromatic heterocycles. The number of rotatable bonds is 5.